The minimum absolute atomic E-state index is 0.205. The van der Waals surface area contributed by atoms with E-state index in [9.17, 15) is 8.42 Å². The molecule has 0 aliphatic heterocycles. The molecule has 0 radical (unpaired) electrons. The summed E-state index contributed by atoms with van der Waals surface area (Å²) < 4.78 is 24.9. The highest BCUT2D eigenvalue weighted by Crippen LogP contribution is 2.17. The molecule has 1 aromatic rings. The standard InChI is InChI=1S/C11H18BrN3O2S/c1-9(7-12)15(4)11-6-5-10(8-13-11)18(16,17)14(2)3/h5-6,8-9H,7H2,1-4H3. The Hall–Kier alpha value is -0.660. The molecular formula is C11H18BrN3O2S. The highest BCUT2D eigenvalue weighted by Gasteiger charge is 2.18. The lowest BCUT2D eigenvalue weighted by Crippen LogP contribution is -2.30. The third-order valence-corrected chi connectivity index (χ3v) is 5.48. The fourth-order valence-corrected chi connectivity index (χ4v) is 2.56. The summed E-state index contributed by atoms with van der Waals surface area (Å²) in [6, 6.07) is 3.58. The largest absolute Gasteiger partial charge is 0.356 e. The average molecular weight is 336 g/mol. The smallest absolute Gasteiger partial charge is 0.244 e. The van der Waals surface area contributed by atoms with Gasteiger partial charge in [-0.15, -0.1) is 0 Å². The van der Waals surface area contributed by atoms with E-state index < -0.39 is 10.0 Å². The van der Waals surface area contributed by atoms with Gasteiger partial charge in [-0.2, -0.15) is 0 Å². The minimum atomic E-state index is -3.40. The average Bonchev–Trinajstić information content (AvgIpc) is 2.36. The molecular weight excluding hydrogens is 318 g/mol. The molecule has 0 aliphatic rings. The third kappa shape index (κ3) is 3.21. The van der Waals surface area contributed by atoms with Crippen LogP contribution in [0.5, 0.6) is 0 Å². The van der Waals surface area contributed by atoms with E-state index in [0.29, 0.717) is 0 Å². The van der Waals surface area contributed by atoms with E-state index in [1.807, 2.05) is 11.9 Å². The van der Waals surface area contributed by atoms with Crippen LogP contribution in [0.15, 0.2) is 23.2 Å². The molecule has 1 atom stereocenters. The predicted octanol–water partition coefficient (Wildman–Crippen LogP) is 1.55. The number of anilines is 1. The summed E-state index contributed by atoms with van der Waals surface area (Å²) in [6.07, 6.45) is 1.39. The Bertz CT molecular complexity index is 488. The third-order valence-electron chi connectivity index (χ3n) is 2.75. The van der Waals surface area contributed by atoms with Crippen LogP contribution in [0.3, 0.4) is 0 Å². The molecule has 0 bridgehead atoms. The molecule has 1 rings (SSSR count). The predicted molar refractivity (Wildman–Crippen MR) is 76.8 cm³/mol. The first-order valence-corrected chi connectivity index (χ1v) is 8.04. The van der Waals surface area contributed by atoms with Gasteiger partial charge in [0, 0.05) is 38.7 Å². The summed E-state index contributed by atoms with van der Waals surface area (Å²) >= 11 is 3.41. The van der Waals surface area contributed by atoms with Gasteiger partial charge in [-0.25, -0.2) is 17.7 Å². The van der Waals surface area contributed by atoms with E-state index in [0.717, 1.165) is 11.1 Å². The van der Waals surface area contributed by atoms with Gasteiger partial charge in [-0.1, -0.05) is 15.9 Å². The molecule has 0 saturated heterocycles. The van der Waals surface area contributed by atoms with Crippen LogP contribution in [0.4, 0.5) is 5.82 Å². The SMILES string of the molecule is CC(CBr)N(C)c1ccc(S(=O)(=O)N(C)C)cn1. The maximum atomic E-state index is 11.9. The van der Waals surface area contributed by atoms with Crippen LogP contribution in [-0.2, 0) is 10.0 Å². The lowest BCUT2D eigenvalue weighted by Gasteiger charge is -2.24. The Morgan fingerprint density at radius 1 is 1.33 bits per heavy atom. The van der Waals surface area contributed by atoms with Crippen molar-refractivity contribution in [3.8, 4) is 0 Å². The van der Waals surface area contributed by atoms with Crippen molar-refractivity contribution in [2.45, 2.75) is 17.9 Å². The Balaban J connectivity index is 3.01. The van der Waals surface area contributed by atoms with E-state index in [1.54, 1.807) is 12.1 Å². The number of rotatable bonds is 5. The summed E-state index contributed by atoms with van der Waals surface area (Å²) in [6.45, 7) is 2.06. The summed E-state index contributed by atoms with van der Waals surface area (Å²) in [5, 5.41) is 0.822. The van der Waals surface area contributed by atoms with Crippen molar-refractivity contribution in [2.24, 2.45) is 0 Å². The fraction of sp³-hybridized carbons (Fsp3) is 0.545. The molecule has 1 heterocycles. The molecule has 0 amide bonds. The van der Waals surface area contributed by atoms with E-state index in [2.05, 4.69) is 27.8 Å². The van der Waals surface area contributed by atoms with Crippen LogP contribution in [0.1, 0.15) is 6.92 Å². The van der Waals surface area contributed by atoms with Crippen molar-refractivity contribution in [1.82, 2.24) is 9.29 Å². The quantitative estimate of drug-likeness (QED) is 0.766. The maximum absolute atomic E-state index is 11.9. The second kappa shape index (κ2) is 5.99. The lowest BCUT2D eigenvalue weighted by molar-refractivity contribution is 0.520. The van der Waals surface area contributed by atoms with Crippen molar-refractivity contribution in [3.63, 3.8) is 0 Å². The molecule has 0 fully saturated rings. The van der Waals surface area contributed by atoms with Gasteiger partial charge in [0.1, 0.15) is 10.7 Å². The number of nitrogens with zero attached hydrogens (tertiary/aromatic N) is 3. The van der Waals surface area contributed by atoms with Gasteiger partial charge in [0.05, 0.1) is 0 Å². The van der Waals surface area contributed by atoms with Gasteiger partial charge in [-0.05, 0) is 19.1 Å². The van der Waals surface area contributed by atoms with Crippen LogP contribution >= 0.6 is 15.9 Å². The zero-order valence-corrected chi connectivity index (χ0v) is 13.4. The second-order valence-corrected chi connectivity index (χ2v) is 7.05. The number of aromatic nitrogens is 1. The summed E-state index contributed by atoms with van der Waals surface area (Å²) in [7, 11) is 1.53. The zero-order valence-electron chi connectivity index (χ0n) is 11.0. The Morgan fingerprint density at radius 2 is 1.94 bits per heavy atom. The lowest BCUT2D eigenvalue weighted by atomic mass is 10.3. The van der Waals surface area contributed by atoms with Crippen molar-refractivity contribution in [1.29, 1.82) is 0 Å². The number of hydrogen-bond acceptors (Lipinski definition) is 4. The molecule has 18 heavy (non-hydrogen) atoms. The van der Waals surface area contributed by atoms with Crippen LogP contribution in [0, 0.1) is 0 Å². The molecule has 5 nitrogen and oxygen atoms in total. The number of pyridine rings is 1. The molecule has 102 valence electrons. The number of halogens is 1. The minimum Gasteiger partial charge on any atom is -0.356 e. The second-order valence-electron chi connectivity index (χ2n) is 4.25. The molecule has 7 heteroatoms. The van der Waals surface area contributed by atoms with Gasteiger partial charge < -0.3 is 4.90 Å². The monoisotopic (exact) mass is 335 g/mol. The fourth-order valence-electron chi connectivity index (χ4n) is 1.27. The molecule has 0 aromatic carbocycles. The highest BCUT2D eigenvalue weighted by atomic mass is 79.9. The van der Waals surface area contributed by atoms with Crippen molar-refractivity contribution >= 4 is 31.8 Å². The molecule has 0 aliphatic carbocycles. The van der Waals surface area contributed by atoms with Gasteiger partial charge >= 0.3 is 0 Å². The van der Waals surface area contributed by atoms with E-state index in [1.165, 1.54) is 24.6 Å². The van der Waals surface area contributed by atoms with Crippen LogP contribution in [-0.4, -0.2) is 50.2 Å². The highest BCUT2D eigenvalue weighted by molar-refractivity contribution is 9.09. The van der Waals surface area contributed by atoms with Gasteiger partial charge in [-0.3, -0.25) is 0 Å². The van der Waals surface area contributed by atoms with Crippen molar-refractivity contribution < 1.29 is 8.42 Å². The van der Waals surface area contributed by atoms with E-state index >= 15 is 0 Å². The van der Waals surface area contributed by atoms with Crippen molar-refractivity contribution in [3.05, 3.63) is 18.3 Å². The Labute approximate surface area is 117 Å². The first kappa shape index (κ1) is 15.4. The van der Waals surface area contributed by atoms with Gasteiger partial charge in [0.15, 0.2) is 0 Å². The van der Waals surface area contributed by atoms with E-state index in [4.69, 9.17) is 0 Å². The van der Waals surface area contributed by atoms with Gasteiger partial charge in [0.2, 0.25) is 10.0 Å². The first-order valence-electron chi connectivity index (χ1n) is 5.48. The summed E-state index contributed by atoms with van der Waals surface area (Å²) in [4.78, 5) is 6.39. The summed E-state index contributed by atoms with van der Waals surface area (Å²) in [5.74, 6) is 0.750. The molecule has 1 aromatic heterocycles. The number of hydrogen-bond donors (Lipinski definition) is 0. The maximum Gasteiger partial charge on any atom is 0.244 e. The molecule has 0 spiro atoms. The number of sulfonamides is 1. The van der Waals surface area contributed by atoms with Crippen LogP contribution < -0.4 is 4.90 Å². The molecule has 0 N–H and O–H groups in total. The normalized spacial score (nSPS) is 13.7. The number of alkyl halides is 1. The van der Waals surface area contributed by atoms with E-state index in [-0.39, 0.29) is 10.9 Å². The topological polar surface area (TPSA) is 53.5 Å². The molecule has 1 unspecified atom stereocenters. The summed E-state index contributed by atoms with van der Waals surface area (Å²) in [5.41, 5.74) is 0. The molecule has 0 saturated carbocycles. The van der Waals surface area contributed by atoms with Gasteiger partial charge in [0.25, 0.3) is 0 Å². The Morgan fingerprint density at radius 3 is 2.33 bits per heavy atom. The van der Waals surface area contributed by atoms with Crippen LogP contribution in [0.25, 0.3) is 0 Å². The van der Waals surface area contributed by atoms with Crippen molar-refractivity contribution in [2.75, 3.05) is 31.4 Å². The zero-order chi connectivity index (χ0) is 13.9. The first-order chi connectivity index (χ1) is 8.30. The van der Waals surface area contributed by atoms with Crippen LogP contribution in [0.2, 0.25) is 0 Å². The Kier molecular flexibility index (Phi) is 5.12.